The molecule has 2 amide bonds. The Morgan fingerprint density at radius 2 is 1.91 bits per heavy atom. The number of nitrogens with one attached hydrogen (secondary N) is 1. The molecule has 2 aromatic carbocycles. The van der Waals surface area contributed by atoms with Crippen LogP contribution in [0.3, 0.4) is 0 Å². The van der Waals surface area contributed by atoms with E-state index in [0.29, 0.717) is 18.8 Å². The molecule has 6 nitrogen and oxygen atoms in total. The number of hydrogen-bond donors (Lipinski definition) is 1. The van der Waals surface area contributed by atoms with Crippen LogP contribution in [0.25, 0.3) is 0 Å². The number of hydrogen-bond acceptors (Lipinski definition) is 4. The Morgan fingerprint density at radius 1 is 1.15 bits per heavy atom. The number of carbonyl (C=O) groups is 2. The SMILES string of the molecule is CN(C)c1ccc(NC(=O)c2cccc(F)c2)cc1CN(CC1CCCO1)C(=O)C(C)(C)C. The molecule has 1 aliphatic heterocycles. The Morgan fingerprint density at radius 3 is 2.52 bits per heavy atom. The fourth-order valence-corrected chi connectivity index (χ4v) is 3.99. The monoisotopic (exact) mass is 455 g/mol. The summed E-state index contributed by atoms with van der Waals surface area (Å²) < 4.78 is 19.3. The van der Waals surface area contributed by atoms with E-state index < -0.39 is 11.2 Å². The van der Waals surface area contributed by atoms with Gasteiger partial charge >= 0.3 is 0 Å². The van der Waals surface area contributed by atoms with Gasteiger partial charge in [-0.05, 0) is 54.8 Å². The third-order valence-corrected chi connectivity index (χ3v) is 5.64. The Kier molecular flexibility index (Phi) is 7.74. The maximum absolute atomic E-state index is 13.5. The van der Waals surface area contributed by atoms with E-state index in [-0.39, 0.29) is 23.5 Å². The van der Waals surface area contributed by atoms with Crippen molar-refractivity contribution < 1.29 is 18.7 Å². The van der Waals surface area contributed by atoms with E-state index in [1.54, 1.807) is 6.07 Å². The van der Waals surface area contributed by atoms with Gasteiger partial charge in [0.2, 0.25) is 5.91 Å². The van der Waals surface area contributed by atoms with Crippen molar-refractivity contribution in [3.8, 4) is 0 Å². The van der Waals surface area contributed by atoms with Gasteiger partial charge < -0.3 is 19.9 Å². The third-order valence-electron chi connectivity index (χ3n) is 5.64. The Balaban J connectivity index is 1.87. The summed E-state index contributed by atoms with van der Waals surface area (Å²) in [7, 11) is 3.89. The molecular weight excluding hydrogens is 421 g/mol. The van der Waals surface area contributed by atoms with Crippen molar-refractivity contribution in [1.82, 2.24) is 4.90 Å². The Labute approximate surface area is 195 Å². The molecule has 0 aromatic heterocycles. The maximum atomic E-state index is 13.5. The fourth-order valence-electron chi connectivity index (χ4n) is 3.99. The zero-order valence-electron chi connectivity index (χ0n) is 20.2. The highest BCUT2D eigenvalue weighted by Gasteiger charge is 2.31. The molecule has 33 heavy (non-hydrogen) atoms. The van der Waals surface area contributed by atoms with E-state index in [1.807, 2.05) is 62.9 Å². The summed E-state index contributed by atoms with van der Waals surface area (Å²) in [4.78, 5) is 29.7. The smallest absolute Gasteiger partial charge is 0.255 e. The molecule has 0 aliphatic carbocycles. The minimum Gasteiger partial charge on any atom is -0.377 e. The van der Waals surface area contributed by atoms with Crippen LogP contribution in [0, 0.1) is 11.2 Å². The molecule has 1 atom stereocenters. The molecule has 2 aromatic rings. The number of anilines is 2. The van der Waals surface area contributed by atoms with Gasteiger partial charge in [0.05, 0.1) is 6.10 Å². The first-order chi connectivity index (χ1) is 15.5. The molecule has 178 valence electrons. The van der Waals surface area contributed by atoms with E-state index in [9.17, 15) is 14.0 Å². The first-order valence-electron chi connectivity index (χ1n) is 11.3. The summed E-state index contributed by atoms with van der Waals surface area (Å²) in [5, 5.41) is 2.85. The van der Waals surface area contributed by atoms with Crippen LogP contribution in [0.4, 0.5) is 15.8 Å². The molecule has 1 fully saturated rings. The molecule has 1 unspecified atom stereocenters. The maximum Gasteiger partial charge on any atom is 0.255 e. The number of amides is 2. The lowest BCUT2D eigenvalue weighted by molar-refractivity contribution is -0.141. The van der Waals surface area contributed by atoms with Crippen LogP contribution in [-0.2, 0) is 16.1 Å². The number of ether oxygens (including phenoxy) is 1. The lowest BCUT2D eigenvalue weighted by atomic mass is 9.94. The molecule has 1 saturated heterocycles. The first-order valence-corrected chi connectivity index (χ1v) is 11.3. The van der Waals surface area contributed by atoms with E-state index in [0.717, 1.165) is 30.7 Å². The largest absolute Gasteiger partial charge is 0.377 e. The molecule has 7 heteroatoms. The lowest BCUT2D eigenvalue weighted by Gasteiger charge is -2.32. The van der Waals surface area contributed by atoms with Crippen molar-refractivity contribution in [2.24, 2.45) is 5.41 Å². The number of halogens is 1. The number of carbonyl (C=O) groups excluding carboxylic acids is 2. The zero-order valence-corrected chi connectivity index (χ0v) is 20.2. The number of rotatable bonds is 7. The molecule has 1 aliphatic rings. The third kappa shape index (κ3) is 6.54. The normalized spacial score (nSPS) is 15.9. The van der Waals surface area contributed by atoms with Crippen LogP contribution in [0.5, 0.6) is 0 Å². The lowest BCUT2D eigenvalue weighted by Crippen LogP contribution is -2.43. The van der Waals surface area contributed by atoms with Gasteiger partial charge in [0.25, 0.3) is 5.91 Å². The molecular formula is C26H34FN3O3. The summed E-state index contributed by atoms with van der Waals surface area (Å²) in [5.41, 5.74) is 2.17. The summed E-state index contributed by atoms with van der Waals surface area (Å²) in [5.74, 6) is -0.798. The van der Waals surface area contributed by atoms with E-state index in [2.05, 4.69) is 5.32 Å². The van der Waals surface area contributed by atoms with Crippen LogP contribution < -0.4 is 10.2 Å². The standard InChI is InChI=1S/C26H34FN3O3/c1-26(2,3)25(32)30(17-22-10-7-13-33-22)16-19-15-21(11-12-23(19)29(4)5)28-24(31)18-8-6-9-20(27)14-18/h6,8-9,11-12,14-15,22H,7,10,13,16-17H2,1-5H3,(H,28,31). The predicted octanol–water partition coefficient (Wildman–Crippen LogP) is 4.70. The topological polar surface area (TPSA) is 61.9 Å². The van der Waals surface area contributed by atoms with Crippen LogP contribution in [0.1, 0.15) is 49.5 Å². The minimum atomic E-state index is -0.528. The second-order valence-corrected chi connectivity index (χ2v) is 9.77. The Hall–Kier alpha value is -2.93. The van der Waals surface area contributed by atoms with Gasteiger partial charge in [-0.1, -0.05) is 26.8 Å². The zero-order chi connectivity index (χ0) is 24.2. The summed E-state index contributed by atoms with van der Waals surface area (Å²) in [6.45, 7) is 7.41. The number of nitrogens with zero attached hydrogens (tertiary/aromatic N) is 2. The average molecular weight is 456 g/mol. The second kappa shape index (κ2) is 10.3. The van der Waals surface area contributed by atoms with Crippen molar-refractivity contribution in [2.45, 2.75) is 46.3 Å². The van der Waals surface area contributed by atoms with Crippen LogP contribution in [0.2, 0.25) is 0 Å². The highest BCUT2D eigenvalue weighted by Crippen LogP contribution is 2.28. The van der Waals surface area contributed by atoms with E-state index in [4.69, 9.17) is 4.74 Å². The molecule has 0 bridgehead atoms. The first kappa shape index (κ1) is 24.7. The van der Waals surface area contributed by atoms with Crippen molar-refractivity contribution in [3.05, 3.63) is 59.4 Å². The molecule has 1 N–H and O–H groups in total. The van der Waals surface area contributed by atoms with Crippen LogP contribution >= 0.6 is 0 Å². The molecule has 1 heterocycles. The Bertz CT molecular complexity index is 995. The highest BCUT2D eigenvalue weighted by atomic mass is 19.1. The van der Waals surface area contributed by atoms with Crippen molar-refractivity contribution >= 4 is 23.2 Å². The summed E-state index contributed by atoms with van der Waals surface area (Å²) >= 11 is 0. The van der Waals surface area contributed by atoms with Crippen molar-refractivity contribution in [2.75, 3.05) is 37.5 Å². The number of benzene rings is 2. The van der Waals surface area contributed by atoms with E-state index in [1.165, 1.54) is 18.2 Å². The average Bonchev–Trinajstić information content (AvgIpc) is 3.25. The van der Waals surface area contributed by atoms with Gasteiger partial charge in [-0.15, -0.1) is 0 Å². The minimum absolute atomic E-state index is 0.0370. The fraction of sp³-hybridized carbons (Fsp3) is 0.462. The van der Waals surface area contributed by atoms with Gasteiger partial charge in [-0.25, -0.2) is 4.39 Å². The predicted molar refractivity (Wildman–Crippen MR) is 129 cm³/mol. The van der Waals surface area contributed by atoms with Crippen molar-refractivity contribution in [1.29, 1.82) is 0 Å². The van der Waals surface area contributed by atoms with Gasteiger partial charge in [0.15, 0.2) is 0 Å². The van der Waals surface area contributed by atoms with Gasteiger partial charge in [0, 0.05) is 56.1 Å². The molecule has 0 radical (unpaired) electrons. The van der Waals surface area contributed by atoms with Gasteiger partial charge in [-0.3, -0.25) is 9.59 Å². The van der Waals surface area contributed by atoms with E-state index >= 15 is 0 Å². The van der Waals surface area contributed by atoms with Gasteiger partial charge in [0.1, 0.15) is 5.82 Å². The molecule has 3 rings (SSSR count). The molecule has 0 spiro atoms. The van der Waals surface area contributed by atoms with Gasteiger partial charge in [-0.2, -0.15) is 0 Å². The molecule has 0 saturated carbocycles. The second-order valence-electron chi connectivity index (χ2n) is 9.77. The van der Waals surface area contributed by atoms with Crippen LogP contribution in [0.15, 0.2) is 42.5 Å². The van der Waals surface area contributed by atoms with Crippen molar-refractivity contribution in [3.63, 3.8) is 0 Å². The quantitative estimate of drug-likeness (QED) is 0.658. The summed E-state index contributed by atoms with van der Waals surface area (Å²) in [6.07, 6.45) is 1.99. The summed E-state index contributed by atoms with van der Waals surface area (Å²) in [6, 6.07) is 11.2. The van der Waals surface area contributed by atoms with Crippen LogP contribution in [-0.4, -0.2) is 50.1 Å². The highest BCUT2D eigenvalue weighted by molar-refractivity contribution is 6.04.